The molecule has 1 aliphatic rings. The molecule has 1 saturated heterocycles. The quantitative estimate of drug-likeness (QED) is 0.815. The fourth-order valence-corrected chi connectivity index (χ4v) is 3.41. The summed E-state index contributed by atoms with van der Waals surface area (Å²) >= 11 is 0. The van der Waals surface area contributed by atoms with Crippen LogP contribution in [0.4, 0.5) is 5.69 Å². The molecule has 0 aromatic heterocycles. The Morgan fingerprint density at radius 3 is 2.38 bits per heavy atom. The number of nitrogens with zero attached hydrogens (tertiary/aromatic N) is 2. The molecule has 1 aromatic rings. The number of anilines is 1. The average Bonchev–Trinajstić information content (AvgIpc) is 2.59. The maximum absolute atomic E-state index is 12.3. The molecule has 1 atom stereocenters. The lowest BCUT2D eigenvalue weighted by Crippen LogP contribution is -2.53. The second kappa shape index (κ2) is 8.64. The van der Waals surface area contributed by atoms with Crippen LogP contribution < -0.4 is 11.1 Å². The van der Waals surface area contributed by atoms with E-state index in [1.165, 1.54) is 0 Å². The first-order chi connectivity index (χ1) is 12.3. The Hall–Kier alpha value is -1.92. The summed E-state index contributed by atoms with van der Waals surface area (Å²) in [6.45, 7) is 11.6. The fourth-order valence-electron chi connectivity index (χ4n) is 3.41. The number of nitrogens with two attached hydrogens (primary N) is 1. The van der Waals surface area contributed by atoms with Crippen LogP contribution in [0, 0.1) is 5.41 Å². The second-order valence-electron chi connectivity index (χ2n) is 7.70. The highest BCUT2D eigenvalue weighted by Gasteiger charge is 2.33. The summed E-state index contributed by atoms with van der Waals surface area (Å²) in [6, 6.07) is 7.27. The number of nitrogens with one attached hydrogen (secondary N) is 1. The van der Waals surface area contributed by atoms with Gasteiger partial charge in [0.25, 0.3) is 5.91 Å². The van der Waals surface area contributed by atoms with Crippen molar-refractivity contribution in [1.29, 1.82) is 0 Å². The Labute approximate surface area is 156 Å². The molecular formula is C20H32N4O2. The van der Waals surface area contributed by atoms with Crippen molar-refractivity contribution in [1.82, 2.24) is 9.80 Å². The molecule has 1 aliphatic heterocycles. The Bertz CT molecular complexity index is 623. The van der Waals surface area contributed by atoms with Gasteiger partial charge in [-0.3, -0.25) is 14.5 Å². The smallest absolute Gasteiger partial charge is 0.253 e. The normalized spacial score (nSPS) is 19.8. The van der Waals surface area contributed by atoms with Gasteiger partial charge < -0.3 is 16.0 Å². The summed E-state index contributed by atoms with van der Waals surface area (Å²) in [7, 11) is 0. The zero-order chi connectivity index (χ0) is 19.3. The van der Waals surface area contributed by atoms with Gasteiger partial charge in [-0.1, -0.05) is 13.8 Å². The number of carbonyl (C=O) groups is 2. The lowest BCUT2D eigenvalue weighted by molar-refractivity contribution is -0.118. The van der Waals surface area contributed by atoms with E-state index in [-0.39, 0.29) is 23.3 Å². The minimum atomic E-state index is -0.0425. The molecule has 0 saturated carbocycles. The molecule has 0 bridgehead atoms. The third-order valence-electron chi connectivity index (χ3n) is 5.22. The number of rotatable bonds is 6. The zero-order valence-electron chi connectivity index (χ0n) is 16.4. The van der Waals surface area contributed by atoms with Crippen molar-refractivity contribution in [3.8, 4) is 0 Å². The fraction of sp³-hybridized carbons (Fsp3) is 0.600. The number of hydrogen-bond donors (Lipinski definition) is 2. The van der Waals surface area contributed by atoms with Crippen LogP contribution in [0.15, 0.2) is 24.3 Å². The van der Waals surface area contributed by atoms with E-state index in [1.807, 2.05) is 13.8 Å². The molecule has 6 nitrogen and oxygen atoms in total. The highest BCUT2D eigenvalue weighted by atomic mass is 16.2. The van der Waals surface area contributed by atoms with Crippen LogP contribution in [0.25, 0.3) is 0 Å². The Morgan fingerprint density at radius 1 is 1.23 bits per heavy atom. The summed E-state index contributed by atoms with van der Waals surface area (Å²) in [5.41, 5.74) is 7.51. The molecule has 26 heavy (non-hydrogen) atoms. The van der Waals surface area contributed by atoms with Crippen LogP contribution in [0.2, 0.25) is 0 Å². The summed E-state index contributed by atoms with van der Waals surface area (Å²) in [6.07, 6.45) is 0.905. The molecule has 144 valence electrons. The molecule has 0 spiro atoms. The first-order valence-corrected chi connectivity index (χ1v) is 9.44. The van der Waals surface area contributed by atoms with E-state index in [0.29, 0.717) is 30.9 Å². The molecule has 1 heterocycles. The highest BCUT2D eigenvalue weighted by molar-refractivity contribution is 5.96. The van der Waals surface area contributed by atoms with Crippen molar-refractivity contribution in [3.63, 3.8) is 0 Å². The van der Waals surface area contributed by atoms with Crippen molar-refractivity contribution >= 4 is 17.5 Å². The van der Waals surface area contributed by atoms with Gasteiger partial charge in [-0.25, -0.2) is 0 Å². The van der Waals surface area contributed by atoms with Crippen LogP contribution in [0.5, 0.6) is 0 Å². The largest absolute Gasteiger partial charge is 0.339 e. The van der Waals surface area contributed by atoms with Gasteiger partial charge in [-0.15, -0.1) is 0 Å². The maximum atomic E-state index is 12.3. The lowest BCUT2D eigenvalue weighted by Gasteiger charge is -2.42. The lowest BCUT2D eigenvalue weighted by atomic mass is 9.80. The molecule has 2 amide bonds. The number of benzene rings is 1. The van der Waals surface area contributed by atoms with Gasteiger partial charge in [0.05, 0.1) is 6.54 Å². The number of amides is 2. The molecule has 1 aromatic carbocycles. The number of hydrogen-bond acceptors (Lipinski definition) is 4. The SMILES string of the molecule is CCN(CC)C(=O)c1ccc(NC(=O)CN2CCC(N)C(C)(C)C2)cc1. The summed E-state index contributed by atoms with van der Waals surface area (Å²) in [5, 5.41) is 2.91. The van der Waals surface area contributed by atoms with Gasteiger partial charge in [-0.2, -0.15) is 0 Å². The Balaban J connectivity index is 1.90. The average molecular weight is 361 g/mol. The van der Waals surface area contributed by atoms with Gasteiger partial charge in [0.15, 0.2) is 0 Å². The van der Waals surface area contributed by atoms with Crippen molar-refractivity contribution in [2.75, 3.05) is 38.0 Å². The van der Waals surface area contributed by atoms with Gasteiger partial charge in [0.1, 0.15) is 0 Å². The number of likely N-dealkylation sites (tertiary alicyclic amines) is 1. The first kappa shape index (κ1) is 20.4. The van der Waals surface area contributed by atoms with E-state index in [9.17, 15) is 9.59 Å². The van der Waals surface area contributed by atoms with Crippen LogP contribution >= 0.6 is 0 Å². The van der Waals surface area contributed by atoms with Crippen LogP contribution in [0.3, 0.4) is 0 Å². The predicted octanol–water partition coefficient (Wildman–Crippen LogP) is 2.17. The number of piperidine rings is 1. The monoisotopic (exact) mass is 360 g/mol. The van der Waals surface area contributed by atoms with Crippen molar-refractivity contribution in [2.45, 2.75) is 40.2 Å². The van der Waals surface area contributed by atoms with E-state index in [0.717, 1.165) is 19.5 Å². The molecule has 6 heteroatoms. The van der Waals surface area contributed by atoms with E-state index in [1.54, 1.807) is 29.2 Å². The van der Waals surface area contributed by atoms with Gasteiger partial charge in [0.2, 0.25) is 5.91 Å². The van der Waals surface area contributed by atoms with Crippen LogP contribution in [-0.2, 0) is 4.79 Å². The molecule has 0 aliphatic carbocycles. The topological polar surface area (TPSA) is 78.7 Å². The molecule has 3 N–H and O–H groups in total. The highest BCUT2D eigenvalue weighted by Crippen LogP contribution is 2.27. The van der Waals surface area contributed by atoms with Crippen LogP contribution in [-0.4, -0.2) is 60.4 Å². The Kier molecular flexibility index (Phi) is 6.78. The standard InChI is InChI=1S/C20H32N4O2/c1-5-24(6-2)19(26)15-7-9-16(10-8-15)22-18(25)13-23-12-11-17(21)20(3,4)14-23/h7-10,17H,5-6,11-14,21H2,1-4H3,(H,22,25). The minimum Gasteiger partial charge on any atom is -0.339 e. The van der Waals surface area contributed by atoms with Gasteiger partial charge in [-0.05, 0) is 49.9 Å². The molecular weight excluding hydrogens is 328 g/mol. The van der Waals surface area contributed by atoms with Gasteiger partial charge >= 0.3 is 0 Å². The van der Waals surface area contributed by atoms with E-state index >= 15 is 0 Å². The molecule has 0 radical (unpaired) electrons. The van der Waals surface area contributed by atoms with Crippen molar-refractivity contribution in [3.05, 3.63) is 29.8 Å². The third kappa shape index (κ3) is 5.05. The van der Waals surface area contributed by atoms with E-state index < -0.39 is 0 Å². The summed E-state index contributed by atoms with van der Waals surface area (Å²) < 4.78 is 0. The van der Waals surface area contributed by atoms with E-state index in [2.05, 4.69) is 24.1 Å². The third-order valence-corrected chi connectivity index (χ3v) is 5.22. The van der Waals surface area contributed by atoms with Crippen molar-refractivity contribution in [2.24, 2.45) is 11.1 Å². The Morgan fingerprint density at radius 2 is 1.85 bits per heavy atom. The summed E-state index contributed by atoms with van der Waals surface area (Å²) in [4.78, 5) is 28.6. The molecule has 2 rings (SSSR count). The van der Waals surface area contributed by atoms with Crippen molar-refractivity contribution < 1.29 is 9.59 Å². The molecule has 1 unspecified atom stereocenters. The summed E-state index contributed by atoms with van der Waals surface area (Å²) in [5.74, 6) is -0.0288. The minimum absolute atomic E-state index is 0.0137. The predicted molar refractivity (Wildman–Crippen MR) is 105 cm³/mol. The molecule has 1 fully saturated rings. The van der Waals surface area contributed by atoms with Crippen LogP contribution in [0.1, 0.15) is 44.5 Å². The zero-order valence-corrected chi connectivity index (χ0v) is 16.4. The first-order valence-electron chi connectivity index (χ1n) is 9.44. The second-order valence-corrected chi connectivity index (χ2v) is 7.70. The van der Waals surface area contributed by atoms with E-state index in [4.69, 9.17) is 5.73 Å². The van der Waals surface area contributed by atoms with Gasteiger partial charge in [0, 0.05) is 43.5 Å². The number of carbonyl (C=O) groups excluding carboxylic acids is 2. The maximum Gasteiger partial charge on any atom is 0.253 e.